The summed E-state index contributed by atoms with van der Waals surface area (Å²) in [6.07, 6.45) is 0. The summed E-state index contributed by atoms with van der Waals surface area (Å²) in [4.78, 5) is 0. The average Bonchev–Trinajstić information content (AvgIpc) is 2.18. The molecule has 0 aliphatic carbocycles. The number of anilines is 1. The summed E-state index contributed by atoms with van der Waals surface area (Å²) in [7, 11) is -3.39. The molecule has 0 spiro atoms. The van der Waals surface area contributed by atoms with Gasteiger partial charge in [0.25, 0.3) is 0 Å². The molecule has 0 atom stereocenters. The van der Waals surface area contributed by atoms with Crippen LogP contribution in [0.4, 0.5) is 5.69 Å². The molecule has 0 radical (unpaired) electrons. The van der Waals surface area contributed by atoms with Gasteiger partial charge < -0.3 is 0 Å². The number of alkyl halides is 1. The predicted octanol–water partition coefficient (Wildman–Crippen LogP) is 2.75. The van der Waals surface area contributed by atoms with E-state index in [-0.39, 0.29) is 0 Å². The smallest absolute Gasteiger partial charge is 0.246 e. The highest BCUT2D eigenvalue weighted by molar-refractivity contribution is 7.93. The van der Waals surface area contributed by atoms with Crippen LogP contribution in [0.5, 0.6) is 0 Å². The van der Waals surface area contributed by atoms with Gasteiger partial charge in [-0.25, -0.2) is 8.42 Å². The Bertz CT molecular complexity index is 412. The van der Waals surface area contributed by atoms with Crippen molar-refractivity contribution in [2.75, 3.05) is 9.93 Å². The molecule has 0 fully saturated rings. The monoisotopic (exact) mass is 247 g/mol. The second-order valence-electron chi connectivity index (χ2n) is 3.60. The summed E-state index contributed by atoms with van der Waals surface area (Å²) in [5.41, 5.74) is 1.71. The maximum atomic E-state index is 11.1. The van der Waals surface area contributed by atoms with Gasteiger partial charge in [0.15, 0.2) is 0 Å². The van der Waals surface area contributed by atoms with E-state index < -0.39 is 15.2 Å². The standard InChI is InChI=1S/C10H14ClNO2S/c1-8(2)9-3-5-10(6-4-9)12-15(13,14)7-11/h3-6,8,12H,7H2,1-2H3. The van der Waals surface area contributed by atoms with Crippen LogP contribution in [0.15, 0.2) is 24.3 Å². The van der Waals surface area contributed by atoms with Crippen molar-refractivity contribution in [3.8, 4) is 0 Å². The molecule has 0 aliphatic rings. The second kappa shape index (κ2) is 4.86. The lowest BCUT2D eigenvalue weighted by Gasteiger charge is -2.08. The van der Waals surface area contributed by atoms with Gasteiger partial charge >= 0.3 is 0 Å². The van der Waals surface area contributed by atoms with E-state index in [0.717, 1.165) is 0 Å². The molecule has 0 aromatic heterocycles. The fraction of sp³-hybridized carbons (Fsp3) is 0.400. The molecule has 0 aliphatic heterocycles. The van der Waals surface area contributed by atoms with Crippen LogP contribution in [0.1, 0.15) is 25.3 Å². The quantitative estimate of drug-likeness (QED) is 0.832. The van der Waals surface area contributed by atoms with E-state index in [1.165, 1.54) is 5.56 Å². The third kappa shape index (κ3) is 3.72. The van der Waals surface area contributed by atoms with Crippen molar-refractivity contribution in [1.29, 1.82) is 0 Å². The summed E-state index contributed by atoms with van der Waals surface area (Å²) in [5.74, 6) is 0.434. The van der Waals surface area contributed by atoms with E-state index in [2.05, 4.69) is 18.6 Å². The fourth-order valence-corrected chi connectivity index (χ4v) is 1.86. The van der Waals surface area contributed by atoms with Gasteiger partial charge in [-0.1, -0.05) is 26.0 Å². The molecule has 84 valence electrons. The van der Waals surface area contributed by atoms with Gasteiger partial charge in [0.05, 0.1) is 0 Å². The van der Waals surface area contributed by atoms with Crippen molar-refractivity contribution < 1.29 is 8.42 Å². The first-order valence-corrected chi connectivity index (χ1v) is 6.79. The van der Waals surface area contributed by atoms with E-state index in [4.69, 9.17) is 11.6 Å². The van der Waals surface area contributed by atoms with Crippen LogP contribution in [0, 0.1) is 0 Å². The molecule has 0 saturated carbocycles. The molecule has 1 rings (SSSR count). The third-order valence-electron chi connectivity index (χ3n) is 1.99. The van der Waals surface area contributed by atoms with Crippen LogP contribution in [0.25, 0.3) is 0 Å². The molecule has 0 saturated heterocycles. The van der Waals surface area contributed by atoms with E-state index in [1.54, 1.807) is 12.1 Å². The Kier molecular flexibility index (Phi) is 3.99. The van der Waals surface area contributed by atoms with E-state index in [1.807, 2.05) is 12.1 Å². The van der Waals surface area contributed by atoms with Crippen LogP contribution in [-0.4, -0.2) is 13.6 Å². The van der Waals surface area contributed by atoms with Crippen LogP contribution in [0.3, 0.4) is 0 Å². The molecule has 0 unspecified atom stereocenters. The average molecular weight is 248 g/mol. The van der Waals surface area contributed by atoms with Gasteiger partial charge in [-0.2, -0.15) is 0 Å². The Morgan fingerprint density at radius 3 is 2.20 bits per heavy atom. The van der Waals surface area contributed by atoms with Crippen molar-refractivity contribution in [3.05, 3.63) is 29.8 Å². The van der Waals surface area contributed by atoms with Crippen LogP contribution >= 0.6 is 11.6 Å². The predicted molar refractivity (Wildman–Crippen MR) is 63.8 cm³/mol. The third-order valence-corrected chi connectivity index (χ3v) is 3.69. The number of nitrogens with one attached hydrogen (secondary N) is 1. The molecule has 5 heteroatoms. The summed E-state index contributed by atoms with van der Waals surface area (Å²) >= 11 is 5.27. The zero-order valence-electron chi connectivity index (χ0n) is 8.70. The van der Waals surface area contributed by atoms with Crippen molar-refractivity contribution in [1.82, 2.24) is 0 Å². The van der Waals surface area contributed by atoms with Gasteiger partial charge in [0.1, 0.15) is 5.21 Å². The molecular weight excluding hydrogens is 234 g/mol. The molecule has 1 aromatic rings. The summed E-state index contributed by atoms with van der Waals surface area (Å²) < 4.78 is 24.7. The molecule has 1 N–H and O–H groups in total. The highest BCUT2D eigenvalue weighted by Gasteiger charge is 2.07. The topological polar surface area (TPSA) is 46.2 Å². The number of rotatable bonds is 4. The zero-order valence-corrected chi connectivity index (χ0v) is 10.3. The van der Waals surface area contributed by atoms with Gasteiger partial charge in [0.2, 0.25) is 10.0 Å². The first kappa shape index (κ1) is 12.3. The zero-order chi connectivity index (χ0) is 11.5. The lowest BCUT2D eigenvalue weighted by Crippen LogP contribution is -2.13. The fourth-order valence-electron chi connectivity index (χ4n) is 1.14. The van der Waals surface area contributed by atoms with Gasteiger partial charge in [-0.05, 0) is 23.6 Å². The van der Waals surface area contributed by atoms with Crippen molar-refractivity contribution in [2.24, 2.45) is 0 Å². The van der Waals surface area contributed by atoms with E-state index in [0.29, 0.717) is 11.6 Å². The van der Waals surface area contributed by atoms with Crippen molar-refractivity contribution in [3.63, 3.8) is 0 Å². The van der Waals surface area contributed by atoms with Crippen molar-refractivity contribution >= 4 is 27.3 Å². The normalized spacial score (nSPS) is 11.7. The van der Waals surface area contributed by atoms with Gasteiger partial charge in [-0.3, -0.25) is 4.72 Å². The summed E-state index contributed by atoms with van der Waals surface area (Å²) in [6, 6.07) is 7.27. The maximum absolute atomic E-state index is 11.1. The lowest BCUT2D eigenvalue weighted by molar-refractivity contribution is 0.605. The SMILES string of the molecule is CC(C)c1ccc(NS(=O)(=O)CCl)cc1. The molecule has 1 aromatic carbocycles. The van der Waals surface area contributed by atoms with Gasteiger partial charge in [0, 0.05) is 5.69 Å². The number of hydrogen-bond donors (Lipinski definition) is 1. The van der Waals surface area contributed by atoms with E-state index >= 15 is 0 Å². The summed E-state index contributed by atoms with van der Waals surface area (Å²) in [5, 5.41) is -0.432. The first-order valence-electron chi connectivity index (χ1n) is 4.61. The number of hydrogen-bond acceptors (Lipinski definition) is 2. The number of sulfonamides is 1. The molecule has 0 bridgehead atoms. The van der Waals surface area contributed by atoms with Crippen LogP contribution in [0.2, 0.25) is 0 Å². The molecule has 0 heterocycles. The minimum atomic E-state index is -3.39. The van der Waals surface area contributed by atoms with E-state index in [9.17, 15) is 8.42 Å². The largest absolute Gasteiger partial charge is 0.283 e. The first-order chi connectivity index (χ1) is 6.94. The number of halogens is 1. The Balaban J connectivity index is 2.82. The van der Waals surface area contributed by atoms with Crippen LogP contribution < -0.4 is 4.72 Å². The minimum absolute atomic E-state index is 0.432. The highest BCUT2D eigenvalue weighted by Crippen LogP contribution is 2.17. The Morgan fingerprint density at radius 1 is 1.27 bits per heavy atom. The van der Waals surface area contributed by atoms with Crippen molar-refractivity contribution in [2.45, 2.75) is 19.8 Å². The Hall–Kier alpha value is -0.740. The van der Waals surface area contributed by atoms with Crippen LogP contribution in [-0.2, 0) is 10.0 Å². The lowest BCUT2D eigenvalue weighted by atomic mass is 10.0. The number of benzene rings is 1. The highest BCUT2D eigenvalue weighted by atomic mass is 35.5. The molecule has 3 nitrogen and oxygen atoms in total. The summed E-state index contributed by atoms with van der Waals surface area (Å²) in [6.45, 7) is 4.16. The molecule has 15 heavy (non-hydrogen) atoms. The maximum Gasteiger partial charge on any atom is 0.246 e. The minimum Gasteiger partial charge on any atom is -0.283 e. The Labute approximate surface area is 95.5 Å². The van der Waals surface area contributed by atoms with Gasteiger partial charge in [-0.15, -0.1) is 11.6 Å². The molecular formula is C10H14ClNO2S. The Morgan fingerprint density at radius 2 is 1.80 bits per heavy atom. The second-order valence-corrected chi connectivity index (χ2v) is 5.91. The molecule has 0 amide bonds.